The van der Waals surface area contributed by atoms with E-state index in [-0.39, 0.29) is 0 Å². The molecule has 0 unspecified atom stereocenters. The molecule has 0 N–H and O–H groups in total. The molecule has 0 radical (unpaired) electrons. The van der Waals surface area contributed by atoms with Gasteiger partial charge < -0.3 is 0 Å². The Morgan fingerprint density at radius 3 is 0.652 bits per heavy atom. The molecule has 0 aromatic heterocycles. The van der Waals surface area contributed by atoms with Crippen molar-refractivity contribution < 1.29 is 52.7 Å². The van der Waals surface area contributed by atoms with Gasteiger partial charge in [0.25, 0.3) is 0 Å². The highest BCUT2D eigenvalue weighted by molar-refractivity contribution is 6.42. The van der Waals surface area contributed by atoms with Crippen LogP contribution in [0, 0.1) is 0 Å². The van der Waals surface area contributed by atoms with Crippen LogP contribution >= 0.6 is 0 Å². The van der Waals surface area contributed by atoms with Gasteiger partial charge in [-0.05, 0) is 224 Å². The molecule has 2 aliphatic carbocycles. The van der Waals surface area contributed by atoms with Crippen LogP contribution in [0.4, 0.5) is 52.7 Å². The van der Waals surface area contributed by atoms with E-state index in [0.29, 0.717) is 44.5 Å². The van der Waals surface area contributed by atoms with Crippen molar-refractivity contribution in [1.82, 2.24) is 0 Å². The predicted octanol–water partition coefficient (Wildman–Crippen LogP) is 25.4. The Morgan fingerprint density at radius 2 is 0.380 bits per heavy atom. The van der Waals surface area contributed by atoms with E-state index in [4.69, 9.17) is 0 Å². The second-order valence-electron chi connectivity index (χ2n) is 23.6. The highest BCUT2D eigenvalue weighted by Crippen LogP contribution is 2.64. The fourth-order valence-corrected chi connectivity index (χ4v) is 15.1. The van der Waals surface area contributed by atoms with Gasteiger partial charge in [-0.2, -0.15) is 52.7 Å². The lowest BCUT2D eigenvalue weighted by Gasteiger charge is -2.22. The third-order valence-electron chi connectivity index (χ3n) is 18.9. The summed E-state index contributed by atoms with van der Waals surface area (Å²) in [5.74, 6) is 0. The van der Waals surface area contributed by atoms with Crippen molar-refractivity contribution in [3.05, 3.63) is 265 Å². The van der Waals surface area contributed by atoms with Gasteiger partial charge in [0.15, 0.2) is 0 Å². The molecule has 0 saturated carbocycles. The van der Waals surface area contributed by atoms with Gasteiger partial charge in [-0.3, -0.25) is 0 Å². The average molecular weight is 1230 g/mol. The summed E-state index contributed by atoms with van der Waals surface area (Å²) in [6, 6.07) is 67.6. The van der Waals surface area contributed by atoms with Gasteiger partial charge in [0, 0.05) is 0 Å². The molecule has 92 heavy (non-hydrogen) atoms. The highest BCUT2D eigenvalue weighted by Gasteiger charge is 2.39. The molecule has 0 bridgehead atoms. The number of fused-ring (bicyclic) bond motifs is 10. The van der Waals surface area contributed by atoms with Crippen molar-refractivity contribution >= 4 is 64.6 Å². The summed E-state index contributed by atoms with van der Waals surface area (Å²) in [6.07, 6.45) is -18.3. The first-order valence-corrected chi connectivity index (χ1v) is 29.5. The Morgan fingerprint density at radius 1 is 0.152 bits per heavy atom. The van der Waals surface area contributed by atoms with Crippen LogP contribution in [0.15, 0.2) is 243 Å². The number of rotatable bonds is 6. The predicted molar refractivity (Wildman–Crippen MR) is 344 cm³/mol. The molecule has 444 valence electrons. The normalized spacial score (nSPS) is 13.0. The second-order valence-corrected chi connectivity index (χ2v) is 23.6. The highest BCUT2D eigenvalue weighted by atomic mass is 19.4. The molecule has 15 aromatic rings. The van der Waals surface area contributed by atoms with Crippen molar-refractivity contribution in [2.75, 3.05) is 0 Å². The Kier molecular flexibility index (Phi) is 11.7. The summed E-state index contributed by atoms with van der Waals surface area (Å²) < 4.78 is 170. The van der Waals surface area contributed by atoms with E-state index in [2.05, 4.69) is 48.5 Å². The van der Waals surface area contributed by atoms with Crippen LogP contribution in [0.3, 0.4) is 0 Å². The Balaban J connectivity index is 0.954. The van der Waals surface area contributed by atoms with Gasteiger partial charge in [0.05, 0.1) is 22.3 Å². The minimum atomic E-state index is -4.60. The maximum atomic E-state index is 14.3. The van der Waals surface area contributed by atoms with Gasteiger partial charge in [-0.1, -0.05) is 194 Å². The molecule has 0 spiro atoms. The summed E-state index contributed by atoms with van der Waals surface area (Å²) in [5.41, 5.74) is 11.3. The number of hydrogen-bond acceptors (Lipinski definition) is 0. The van der Waals surface area contributed by atoms with Crippen LogP contribution < -0.4 is 0 Å². The van der Waals surface area contributed by atoms with Crippen LogP contribution in [-0.2, 0) is 24.7 Å². The maximum absolute atomic E-state index is 14.3. The van der Waals surface area contributed by atoms with Gasteiger partial charge in [-0.15, -0.1) is 0 Å². The van der Waals surface area contributed by atoms with Crippen LogP contribution in [0.1, 0.15) is 22.3 Å². The topological polar surface area (TPSA) is 0 Å². The lowest BCUT2D eigenvalue weighted by Crippen LogP contribution is -2.04. The Hall–Kier alpha value is -10.7. The molecule has 0 fully saturated rings. The molecule has 2 aliphatic rings. The van der Waals surface area contributed by atoms with Crippen LogP contribution in [0.5, 0.6) is 0 Å². The van der Waals surface area contributed by atoms with Crippen molar-refractivity contribution in [2.24, 2.45) is 0 Å². The lowest BCUT2D eigenvalue weighted by atomic mass is 9.81. The first kappa shape index (κ1) is 55.4. The van der Waals surface area contributed by atoms with Crippen LogP contribution in [-0.4, -0.2) is 0 Å². The summed E-state index contributed by atoms with van der Waals surface area (Å²) in [5, 5.41) is 10.3. The van der Waals surface area contributed by atoms with Gasteiger partial charge in [-0.25, -0.2) is 0 Å². The lowest BCUT2D eigenvalue weighted by molar-refractivity contribution is -0.138. The second kappa shape index (κ2) is 19.4. The molecule has 0 heterocycles. The fourth-order valence-electron chi connectivity index (χ4n) is 15.1. The minimum absolute atomic E-state index is 0.545. The third-order valence-corrected chi connectivity index (χ3v) is 18.9. The van der Waals surface area contributed by atoms with Gasteiger partial charge >= 0.3 is 24.7 Å². The van der Waals surface area contributed by atoms with E-state index in [0.717, 1.165) is 180 Å². The molecule has 0 nitrogen and oxygen atoms in total. The minimum Gasteiger partial charge on any atom is -0.166 e. The number of hydrogen-bond donors (Lipinski definition) is 0. The largest absolute Gasteiger partial charge is 0.416 e. The SMILES string of the molecule is FC(F)(F)c1ccc(-c2ccccc2-c2c3c(c(-c4ccc(C(F)(F)F)cc4)c4ccccc24)-c2ccc4c5ccc6c7c(ccc(c8ccc-3c2c48)c75)-c2c-6c(-c3ccccc3-c3ccc(C(F)(F)F)cc3)c3ccccc3c2-c2ccc(C(F)(F)F)cc2)cc1. The molecule has 0 amide bonds. The summed E-state index contributed by atoms with van der Waals surface area (Å²) in [6.45, 7) is 0. The summed E-state index contributed by atoms with van der Waals surface area (Å²) >= 11 is 0. The smallest absolute Gasteiger partial charge is 0.166 e. The molecule has 0 saturated heterocycles. The van der Waals surface area contributed by atoms with Crippen molar-refractivity contribution in [3.63, 3.8) is 0 Å². The first-order chi connectivity index (χ1) is 44.2. The van der Waals surface area contributed by atoms with E-state index in [9.17, 15) is 52.7 Å². The summed E-state index contributed by atoms with van der Waals surface area (Å²) in [4.78, 5) is 0. The monoisotopic (exact) mass is 1230 g/mol. The molecule has 12 heteroatoms. The molecule has 17 rings (SSSR count). The summed E-state index contributed by atoms with van der Waals surface area (Å²) in [7, 11) is 0. The van der Waals surface area contributed by atoms with E-state index in [1.54, 1.807) is 0 Å². The standard InChI is InChI=1S/C80H40F12/c81-77(82,83)45-25-17-41(18-26-45)49-9-1-3-11-51(49)69-55-15-7-5-13-53(55)65(43-21-29-47(30-22-43)79(87,88)89)73-61-37-33-57-60-36-40-64-72-62(38-34-58(68(60)72)59-35-39-63(75(69)73)71(61)67(57)59)74-66(44-23-31-48(32-24-44)80(90,91)92)54-14-6-8-16-56(54)70(76(64)74)52-12-4-2-10-50(52)42-19-27-46(28-20-42)78(84,85)86/h1-40H. The Bertz CT molecular complexity index is 5260. The fraction of sp³-hybridized carbons (Fsp3) is 0.0500. The molecule has 0 atom stereocenters. The molecular formula is C80H40F12. The van der Waals surface area contributed by atoms with Crippen molar-refractivity contribution in [2.45, 2.75) is 24.7 Å². The van der Waals surface area contributed by atoms with E-state index < -0.39 is 47.0 Å². The number of benzene rings is 15. The van der Waals surface area contributed by atoms with E-state index >= 15 is 0 Å². The zero-order valence-corrected chi connectivity index (χ0v) is 47.6. The van der Waals surface area contributed by atoms with Crippen LogP contribution in [0.25, 0.3) is 176 Å². The first-order valence-electron chi connectivity index (χ1n) is 29.5. The zero-order valence-electron chi connectivity index (χ0n) is 47.6. The molecule has 0 aliphatic heterocycles. The van der Waals surface area contributed by atoms with Crippen molar-refractivity contribution in [1.29, 1.82) is 0 Å². The van der Waals surface area contributed by atoms with Gasteiger partial charge in [0.1, 0.15) is 0 Å². The zero-order chi connectivity index (χ0) is 63.1. The maximum Gasteiger partial charge on any atom is 0.416 e. The van der Waals surface area contributed by atoms with Crippen molar-refractivity contribution in [3.8, 4) is 111 Å². The molecule has 15 aromatic carbocycles. The third kappa shape index (κ3) is 8.07. The quantitative estimate of drug-likeness (QED) is 0.0884. The number of alkyl halides is 12. The van der Waals surface area contributed by atoms with Crippen LogP contribution in [0.2, 0.25) is 0 Å². The van der Waals surface area contributed by atoms with Gasteiger partial charge in [0.2, 0.25) is 0 Å². The Labute approximate surface area is 515 Å². The average Bonchev–Trinajstić information content (AvgIpc) is 1.36. The van der Waals surface area contributed by atoms with E-state index in [1.807, 2.05) is 97.1 Å². The number of halogens is 12. The van der Waals surface area contributed by atoms with E-state index in [1.165, 1.54) is 48.5 Å². The molecular weight excluding hydrogens is 1190 g/mol.